The van der Waals surface area contributed by atoms with E-state index in [1.54, 1.807) is 0 Å². The average Bonchev–Trinajstić information content (AvgIpc) is 2.37. The van der Waals surface area contributed by atoms with Gasteiger partial charge in [0.2, 0.25) is 0 Å². The number of ether oxygens (including phenoxy) is 1. The standard InChI is InChI=1S/C18H22O/c1-14-9-8-12-16(18(2,3)4)17(14)19-13-15-10-6-5-7-11-15/h5-12H,13H2,1-4H3. The third kappa shape index (κ3) is 3.37. The van der Waals surface area contributed by atoms with Gasteiger partial charge in [-0.2, -0.15) is 0 Å². The zero-order chi connectivity index (χ0) is 13.9. The third-order valence-corrected chi connectivity index (χ3v) is 3.25. The first-order valence-electron chi connectivity index (χ1n) is 6.75. The Morgan fingerprint density at radius 3 is 2.21 bits per heavy atom. The second-order valence-corrected chi connectivity index (χ2v) is 5.98. The highest BCUT2D eigenvalue weighted by Crippen LogP contribution is 2.34. The first-order chi connectivity index (χ1) is 8.98. The maximum absolute atomic E-state index is 6.08. The molecule has 0 aromatic heterocycles. The molecule has 2 aromatic rings. The lowest BCUT2D eigenvalue weighted by atomic mass is 9.85. The van der Waals surface area contributed by atoms with Crippen molar-refractivity contribution in [1.29, 1.82) is 0 Å². The molecule has 100 valence electrons. The summed E-state index contributed by atoms with van der Waals surface area (Å²) >= 11 is 0. The Kier molecular flexibility index (Phi) is 3.94. The van der Waals surface area contributed by atoms with Crippen LogP contribution in [0.25, 0.3) is 0 Å². The molecule has 0 unspecified atom stereocenters. The van der Waals surface area contributed by atoms with Gasteiger partial charge in [-0.25, -0.2) is 0 Å². The first kappa shape index (κ1) is 13.7. The predicted molar refractivity (Wildman–Crippen MR) is 80.7 cm³/mol. The van der Waals surface area contributed by atoms with Gasteiger partial charge in [-0.1, -0.05) is 69.3 Å². The quantitative estimate of drug-likeness (QED) is 0.759. The van der Waals surface area contributed by atoms with Gasteiger partial charge in [-0.3, -0.25) is 0 Å². The van der Waals surface area contributed by atoms with Gasteiger partial charge in [0.1, 0.15) is 12.4 Å². The molecule has 0 fully saturated rings. The highest BCUT2D eigenvalue weighted by molar-refractivity contribution is 5.44. The van der Waals surface area contributed by atoms with E-state index in [9.17, 15) is 0 Å². The van der Waals surface area contributed by atoms with Crippen LogP contribution in [0.5, 0.6) is 5.75 Å². The Morgan fingerprint density at radius 2 is 1.58 bits per heavy atom. The second-order valence-electron chi connectivity index (χ2n) is 5.98. The van der Waals surface area contributed by atoms with Crippen molar-refractivity contribution in [3.05, 3.63) is 65.2 Å². The monoisotopic (exact) mass is 254 g/mol. The maximum atomic E-state index is 6.08. The highest BCUT2D eigenvalue weighted by atomic mass is 16.5. The minimum Gasteiger partial charge on any atom is -0.488 e. The highest BCUT2D eigenvalue weighted by Gasteiger charge is 2.20. The van der Waals surface area contributed by atoms with Crippen LogP contribution in [0.2, 0.25) is 0 Å². The predicted octanol–water partition coefficient (Wildman–Crippen LogP) is 4.87. The van der Waals surface area contributed by atoms with Crippen molar-refractivity contribution in [2.75, 3.05) is 0 Å². The lowest BCUT2D eigenvalue weighted by molar-refractivity contribution is 0.295. The molecule has 0 aliphatic rings. The van der Waals surface area contributed by atoms with E-state index in [2.05, 4.69) is 58.0 Å². The van der Waals surface area contributed by atoms with Crippen LogP contribution in [0.15, 0.2) is 48.5 Å². The molecule has 1 heteroatoms. The molecule has 0 bridgehead atoms. The Labute approximate surface area is 116 Å². The van der Waals surface area contributed by atoms with Gasteiger partial charge in [0.25, 0.3) is 0 Å². The molecule has 0 saturated carbocycles. The van der Waals surface area contributed by atoms with Gasteiger partial charge in [0, 0.05) is 0 Å². The summed E-state index contributed by atoms with van der Waals surface area (Å²) in [7, 11) is 0. The molecule has 0 heterocycles. The topological polar surface area (TPSA) is 9.23 Å². The van der Waals surface area contributed by atoms with Crippen molar-refractivity contribution in [3.8, 4) is 5.75 Å². The summed E-state index contributed by atoms with van der Waals surface area (Å²) in [6, 6.07) is 16.7. The number of para-hydroxylation sites is 1. The summed E-state index contributed by atoms with van der Waals surface area (Å²) in [6.45, 7) is 9.38. The fraction of sp³-hybridized carbons (Fsp3) is 0.333. The zero-order valence-corrected chi connectivity index (χ0v) is 12.2. The summed E-state index contributed by atoms with van der Waals surface area (Å²) in [5, 5.41) is 0. The Bertz CT molecular complexity index is 535. The summed E-state index contributed by atoms with van der Waals surface area (Å²) in [5.74, 6) is 1.03. The van der Waals surface area contributed by atoms with E-state index in [1.165, 1.54) is 16.7 Å². The van der Waals surface area contributed by atoms with Crippen molar-refractivity contribution in [2.45, 2.75) is 39.7 Å². The molecule has 2 rings (SSSR count). The minimum absolute atomic E-state index is 0.0953. The summed E-state index contributed by atoms with van der Waals surface area (Å²) in [6.07, 6.45) is 0. The fourth-order valence-corrected chi connectivity index (χ4v) is 2.16. The smallest absolute Gasteiger partial charge is 0.126 e. The molecule has 0 radical (unpaired) electrons. The van der Waals surface area contributed by atoms with E-state index in [1.807, 2.05) is 18.2 Å². The van der Waals surface area contributed by atoms with E-state index in [-0.39, 0.29) is 5.41 Å². The second kappa shape index (κ2) is 5.48. The lowest BCUT2D eigenvalue weighted by Gasteiger charge is -2.24. The molecular weight excluding hydrogens is 232 g/mol. The summed E-state index contributed by atoms with van der Waals surface area (Å²) < 4.78 is 6.08. The number of aryl methyl sites for hydroxylation is 1. The van der Waals surface area contributed by atoms with Crippen molar-refractivity contribution < 1.29 is 4.74 Å². The van der Waals surface area contributed by atoms with Gasteiger partial charge in [0.15, 0.2) is 0 Å². The van der Waals surface area contributed by atoms with Crippen LogP contribution in [0.1, 0.15) is 37.5 Å². The molecule has 1 nitrogen and oxygen atoms in total. The molecule has 0 aliphatic carbocycles. The molecule has 19 heavy (non-hydrogen) atoms. The molecule has 2 aromatic carbocycles. The summed E-state index contributed by atoms with van der Waals surface area (Å²) in [4.78, 5) is 0. The van der Waals surface area contributed by atoms with Gasteiger partial charge in [-0.05, 0) is 29.0 Å². The van der Waals surface area contributed by atoms with Gasteiger partial charge in [-0.15, -0.1) is 0 Å². The Morgan fingerprint density at radius 1 is 0.895 bits per heavy atom. The maximum Gasteiger partial charge on any atom is 0.126 e. The summed E-state index contributed by atoms with van der Waals surface area (Å²) in [5.41, 5.74) is 3.76. The molecule has 0 aliphatic heterocycles. The SMILES string of the molecule is Cc1cccc(C(C)(C)C)c1OCc1ccccc1. The van der Waals surface area contributed by atoms with Crippen LogP contribution in [0.3, 0.4) is 0 Å². The van der Waals surface area contributed by atoms with Crippen LogP contribution in [0.4, 0.5) is 0 Å². The number of benzene rings is 2. The van der Waals surface area contributed by atoms with E-state index >= 15 is 0 Å². The Balaban J connectivity index is 2.25. The minimum atomic E-state index is 0.0953. The normalized spacial score (nSPS) is 11.4. The van der Waals surface area contributed by atoms with Gasteiger partial charge >= 0.3 is 0 Å². The number of hydrogen-bond acceptors (Lipinski definition) is 1. The molecular formula is C18H22O. The van der Waals surface area contributed by atoms with Crippen molar-refractivity contribution in [3.63, 3.8) is 0 Å². The van der Waals surface area contributed by atoms with Gasteiger partial charge in [0.05, 0.1) is 0 Å². The number of hydrogen-bond donors (Lipinski definition) is 0. The molecule has 0 spiro atoms. The Hall–Kier alpha value is -1.76. The molecule has 0 saturated heterocycles. The van der Waals surface area contributed by atoms with Gasteiger partial charge < -0.3 is 4.74 Å². The molecule has 0 N–H and O–H groups in total. The van der Waals surface area contributed by atoms with E-state index < -0.39 is 0 Å². The average molecular weight is 254 g/mol. The van der Waals surface area contributed by atoms with E-state index in [0.717, 1.165) is 5.75 Å². The lowest BCUT2D eigenvalue weighted by Crippen LogP contribution is -2.14. The van der Waals surface area contributed by atoms with Crippen LogP contribution >= 0.6 is 0 Å². The number of rotatable bonds is 3. The third-order valence-electron chi connectivity index (χ3n) is 3.25. The molecule has 0 amide bonds. The van der Waals surface area contributed by atoms with Crippen LogP contribution in [-0.4, -0.2) is 0 Å². The van der Waals surface area contributed by atoms with Crippen molar-refractivity contribution in [2.24, 2.45) is 0 Å². The van der Waals surface area contributed by atoms with Crippen LogP contribution < -0.4 is 4.74 Å². The van der Waals surface area contributed by atoms with Crippen molar-refractivity contribution in [1.82, 2.24) is 0 Å². The largest absolute Gasteiger partial charge is 0.488 e. The van der Waals surface area contributed by atoms with E-state index in [0.29, 0.717) is 6.61 Å². The van der Waals surface area contributed by atoms with Crippen LogP contribution in [0, 0.1) is 6.92 Å². The zero-order valence-electron chi connectivity index (χ0n) is 12.2. The van der Waals surface area contributed by atoms with E-state index in [4.69, 9.17) is 4.74 Å². The molecule has 0 atom stereocenters. The first-order valence-corrected chi connectivity index (χ1v) is 6.75. The fourth-order valence-electron chi connectivity index (χ4n) is 2.16. The van der Waals surface area contributed by atoms with Crippen molar-refractivity contribution >= 4 is 0 Å². The van der Waals surface area contributed by atoms with Crippen LogP contribution in [-0.2, 0) is 12.0 Å².